The van der Waals surface area contributed by atoms with Crippen molar-refractivity contribution in [1.82, 2.24) is 5.32 Å². The lowest BCUT2D eigenvalue weighted by atomic mass is 9.58. The largest absolute Gasteiger partial charge is 0.487 e. The van der Waals surface area contributed by atoms with Crippen molar-refractivity contribution in [3.05, 3.63) is 27.1 Å². The Bertz CT molecular complexity index is 426. The van der Waals surface area contributed by atoms with Gasteiger partial charge in [-0.1, -0.05) is 19.9 Å². The molecule has 106 valence electrons. The summed E-state index contributed by atoms with van der Waals surface area (Å²) < 4.78 is 8.33. The maximum Gasteiger partial charge on any atom is 0.148 e. The fraction of sp³-hybridized carbons (Fsp3) is 0.600. The number of ether oxygens (including phenoxy) is 1. The van der Waals surface area contributed by atoms with E-state index in [0.29, 0.717) is 6.04 Å². The summed E-state index contributed by atoms with van der Waals surface area (Å²) in [6.45, 7) is 4.52. The number of benzene rings is 1. The van der Waals surface area contributed by atoms with Gasteiger partial charge in [-0.3, -0.25) is 0 Å². The molecule has 2 unspecified atom stereocenters. The molecule has 0 amide bonds. The van der Waals surface area contributed by atoms with E-state index >= 15 is 0 Å². The molecule has 1 aromatic rings. The monoisotopic (exact) mass is 389 g/mol. The molecule has 2 atom stereocenters. The zero-order valence-electron chi connectivity index (χ0n) is 11.7. The second-order valence-corrected chi connectivity index (χ2v) is 6.88. The summed E-state index contributed by atoms with van der Waals surface area (Å²) in [6.07, 6.45) is 3.64. The minimum atomic E-state index is 0.253. The third-order valence-corrected chi connectivity index (χ3v) is 5.88. The van der Waals surface area contributed by atoms with Crippen LogP contribution in [0.1, 0.15) is 33.1 Å². The molecular weight excluding hydrogens is 370 g/mol. The first-order valence-electron chi connectivity index (χ1n) is 6.87. The average Bonchev–Trinajstić information content (AvgIpc) is 2.38. The summed E-state index contributed by atoms with van der Waals surface area (Å²) in [6, 6.07) is 6.61. The zero-order chi connectivity index (χ0) is 14.0. The van der Waals surface area contributed by atoms with Crippen molar-refractivity contribution in [3.8, 4) is 5.75 Å². The molecule has 4 heteroatoms. The van der Waals surface area contributed by atoms with Gasteiger partial charge in [-0.05, 0) is 63.9 Å². The van der Waals surface area contributed by atoms with E-state index in [1.165, 1.54) is 0 Å². The van der Waals surface area contributed by atoms with E-state index in [0.717, 1.165) is 34.0 Å². The molecular formula is C15H21Br2NO. The molecule has 2 nitrogen and oxygen atoms in total. The second kappa shape index (κ2) is 6.15. The standard InChI is InChI=1S/C15H21Br2NO/c1-4-15(5-2)12(18-3)9-13(15)19-14-10(16)7-6-8-11(14)17/h6-8,12-13,18H,4-5,9H2,1-3H3. The lowest BCUT2D eigenvalue weighted by Crippen LogP contribution is -2.63. The van der Waals surface area contributed by atoms with Crippen molar-refractivity contribution in [2.45, 2.75) is 45.3 Å². The summed E-state index contributed by atoms with van der Waals surface area (Å²) in [4.78, 5) is 0. The van der Waals surface area contributed by atoms with Gasteiger partial charge >= 0.3 is 0 Å². The lowest BCUT2D eigenvalue weighted by Gasteiger charge is -2.55. The molecule has 0 aliphatic heterocycles. The topological polar surface area (TPSA) is 21.3 Å². The number of hydrogen-bond donors (Lipinski definition) is 1. The minimum absolute atomic E-state index is 0.253. The molecule has 1 saturated carbocycles. The summed E-state index contributed by atoms with van der Waals surface area (Å²) in [7, 11) is 2.05. The number of para-hydroxylation sites is 1. The molecule has 0 spiro atoms. The Hall–Kier alpha value is -0.0600. The Labute approximate surface area is 132 Å². The summed E-state index contributed by atoms with van der Waals surface area (Å²) >= 11 is 7.14. The highest BCUT2D eigenvalue weighted by Crippen LogP contribution is 2.50. The molecule has 1 aliphatic rings. The molecule has 1 aliphatic carbocycles. The van der Waals surface area contributed by atoms with Gasteiger partial charge in [0.2, 0.25) is 0 Å². The van der Waals surface area contributed by atoms with Gasteiger partial charge in [-0.15, -0.1) is 0 Å². The van der Waals surface area contributed by atoms with Crippen molar-refractivity contribution >= 4 is 31.9 Å². The zero-order valence-corrected chi connectivity index (χ0v) is 14.8. The normalized spacial score (nSPS) is 24.9. The number of rotatable bonds is 5. The molecule has 1 aromatic carbocycles. The Morgan fingerprint density at radius 1 is 1.26 bits per heavy atom. The third kappa shape index (κ3) is 2.59. The van der Waals surface area contributed by atoms with Crippen molar-refractivity contribution < 1.29 is 4.74 Å². The van der Waals surface area contributed by atoms with Crippen LogP contribution >= 0.6 is 31.9 Å². The van der Waals surface area contributed by atoms with E-state index in [1.807, 2.05) is 18.2 Å². The lowest BCUT2D eigenvalue weighted by molar-refractivity contribution is -0.0842. The quantitative estimate of drug-likeness (QED) is 0.782. The van der Waals surface area contributed by atoms with Crippen molar-refractivity contribution in [2.24, 2.45) is 5.41 Å². The second-order valence-electron chi connectivity index (χ2n) is 5.17. The first kappa shape index (κ1) is 15.3. The predicted octanol–water partition coefficient (Wildman–Crippen LogP) is 4.76. The van der Waals surface area contributed by atoms with Crippen molar-refractivity contribution in [1.29, 1.82) is 0 Å². The number of nitrogens with one attached hydrogen (secondary N) is 1. The van der Waals surface area contributed by atoms with Gasteiger partial charge in [-0.2, -0.15) is 0 Å². The molecule has 0 bridgehead atoms. The van der Waals surface area contributed by atoms with Gasteiger partial charge in [0, 0.05) is 17.9 Å². The van der Waals surface area contributed by atoms with Crippen LogP contribution < -0.4 is 10.1 Å². The fourth-order valence-corrected chi connectivity index (χ4v) is 4.44. The van der Waals surface area contributed by atoms with E-state index in [4.69, 9.17) is 4.74 Å². The van der Waals surface area contributed by atoms with Crippen molar-refractivity contribution in [3.63, 3.8) is 0 Å². The van der Waals surface area contributed by atoms with Gasteiger partial charge in [0.15, 0.2) is 0 Å². The van der Waals surface area contributed by atoms with Gasteiger partial charge in [0.05, 0.1) is 8.95 Å². The molecule has 0 aromatic heterocycles. The molecule has 0 saturated heterocycles. The van der Waals surface area contributed by atoms with Crippen LogP contribution in [-0.2, 0) is 0 Å². The van der Waals surface area contributed by atoms with Crippen LogP contribution in [0, 0.1) is 5.41 Å². The van der Waals surface area contributed by atoms with E-state index < -0.39 is 0 Å². The van der Waals surface area contributed by atoms with Crippen LogP contribution in [0.3, 0.4) is 0 Å². The Balaban J connectivity index is 2.20. The number of hydrogen-bond acceptors (Lipinski definition) is 2. The molecule has 2 rings (SSSR count). The van der Waals surface area contributed by atoms with E-state index in [9.17, 15) is 0 Å². The van der Waals surface area contributed by atoms with E-state index in [1.54, 1.807) is 0 Å². The van der Waals surface area contributed by atoms with Gasteiger partial charge in [0.25, 0.3) is 0 Å². The van der Waals surface area contributed by atoms with Crippen molar-refractivity contribution in [2.75, 3.05) is 7.05 Å². The Morgan fingerprint density at radius 2 is 1.84 bits per heavy atom. The summed E-state index contributed by atoms with van der Waals surface area (Å²) in [5.74, 6) is 0.924. The highest BCUT2D eigenvalue weighted by molar-refractivity contribution is 9.11. The van der Waals surface area contributed by atoms with E-state index in [2.05, 4.69) is 58.1 Å². The molecule has 19 heavy (non-hydrogen) atoms. The summed E-state index contributed by atoms with van der Waals surface area (Å²) in [5.41, 5.74) is 0.253. The maximum atomic E-state index is 6.31. The molecule has 1 fully saturated rings. The van der Waals surface area contributed by atoms with Gasteiger partial charge in [-0.25, -0.2) is 0 Å². The first-order chi connectivity index (χ1) is 9.08. The highest BCUT2D eigenvalue weighted by Gasteiger charge is 2.53. The molecule has 0 radical (unpaired) electrons. The smallest absolute Gasteiger partial charge is 0.148 e. The SMILES string of the molecule is CCC1(CC)C(NC)CC1Oc1c(Br)cccc1Br. The Kier molecular flexibility index (Phi) is 4.96. The van der Waals surface area contributed by atoms with Crippen LogP contribution in [0.4, 0.5) is 0 Å². The van der Waals surface area contributed by atoms with Gasteiger partial charge < -0.3 is 10.1 Å². The molecule has 1 N–H and O–H groups in total. The van der Waals surface area contributed by atoms with Crippen LogP contribution in [0.2, 0.25) is 0 Å². The van der Waals surface area contributed by atoms with Gasteiger partial charge in [0.1, 0.15) is 11.9 Å². The third-order valence-electron chi connectivity index (χ3n) is 4.63. The predicted molar refractivity (Wildman–Crippen MR) is 86.7 cm³/mol. The van der Waals surface area contributed by atoms with Crippen LogP contribution in [-0.4, -0.2) is 19.2 Å². The maximum absolute atomic E-state index is 6.31. The molecule has 0 heterocycles. The van der Waals surface area contributed by atoms with Crippen LogP contribution in [0.15, 0.2) is 27.1 Å². The highest BCUT2D eigenvalue weighted by atomic mass is 79.9. The minimum Gasteiger partial charge on any atom is -0.487 e. The average molecular weight is 391 g/mol. The van der Waals surface area contributed by atoms with Crippen LogP contribution in [0.25, 0.3) is 0 Å². The fourth-order valence-electron chi connectivity index (χ4n) is 3.25. The Morgan fingerprint density at radius 3 is 2.32 bits per heavy atom. The first-order valence-corrected chi connectivity index (χ1v) is 8.45. The van der Waals surface area contributed by atoms with Crippen LogP contribution in [0.5, 0.6) is 5.75 Å². The number of halogens is 2. The summed E-state index contributed by atoms with van der Waals surface area (Å²) in [5, 5.41) is 3.44. The van der Waals surface area contributed by atoms with E-state index in [-0.39, 0.29) is 11.5 Å².